The summed E-state index contributed by atoms with van der Waals surface area (Å²) >= 11 is 12.7. The van der Waals surface area contributed by atoms with Gasteiger partial charge in [-0.25, -0.2) is 0 Å². The largest absolute Gasteiger partial charge is 0.388 e. The van der Waals surface area contributed by atoms with Gasteiger partial charge < -0.3 is 20.0 Å². The Balaban J connectivity index is 1.28. The number of anilines is 1. The van der Waals surface area contributed by atoms with Crippen LogP contribution in [0.1, 0.15) is 42.1 Å². The van der Waals surface area contributed by atoms with Gasteiger partial charge in [-0.2, -0.15) is 0 Å². The van der Waals surface area contributed by atoms with Crippen LogP contribution in [0.5, 0.6) is 0 Å². The molecule has 6 nitrogen and oxygen atoms in total. The van der Waals surface area contributed by atoms with E-state index in [9.17, 15) is 15.0 Å². The first-order valence-electron chi connectivity index (χ1n) is 11.9. The van der Waals surface area contributed by atoms with Crippen molar-refractivity contribution in [2.45, 2.75) is 43.4 Å². The number of nitrogens with zero attached hydrogens (tertiary/aromatic N) is 3. The maximum Gasteiger partial charge on any atom is 0.255 e. The number of aliphatic hydroxyl groups is 2. The van der Waals surface area contributed by atoms with E-state index in [0.29, 0.717) is 67.7 Å². The summed E-state index contributed by atoms with van der Waals surface area (Å²) in [6.45, 7) is 5.50. The van der Waals surface area contributed by atoms with E-state index in [0.717, 1.165) is 17.7 Å². The van der Waals surface area contributed by atoms with Gasteiger partial charge in [-0.15, -0.1) is 0 Å². The molecule has 182 valence electrons. The summed E-state index contributed by atoms with van der Waals surface area (Å²) in [6.07, 6.45) is 2.12. The summed E-state index contributed by atoms with van der Waals surface area (Å²) < 4.78 is 0. The van der Waals surface area contributed by atoms with Crippen LogP contribution in [0.2, 0.25) is 10.0 Å². The first-order valence-corrected chi connectivity index (χ1v) is 12.7. The van der Waals surface area contributed by atoms with E-state index in [1.54, 1.807) is 6.07 Å². The highest BCUT2D eigenvalue weighted by atomic mass is 35.5. The molecule has 3 saturated heterocycles. The Morgan fingerprint density at radius 3 is 2.47 bits per heavy atom. The molecule has 3 aliphatic rings. The van der Waals surface area contributed by atoms with Crippen LogP contribution in [0.15, 0.2) is 42.5 Å². The summed E-state index contributed by atoms with van der Waals surface area (Å²) in [5.41, 5.74) is 0.553. The number of fused-ring (bicyclic) bond motifs is 1. The fraction of sp³-hybridized carbons (Fsp3) is 0.500. The lowest BCUT2D eigenvalue weighted by molar-refractivity contribution is -0.0740. The Labute approximate surface area is 210 Å². The minimum absolute atomic E-state index is 0.0593. The Hall–Kier alpha value is -1.83. The average Bonchev–Trinajstić information content (AvgIpc) is 3.18. The van der Waals surface area contributed by atoms with Gasteiger partial charge in [0.05, 0.1) is 21.9 Å². The number of carbonyl (C=O) groups excluding carboxylic acids is 1. The molecule has 2 aromatic carbocycles. The Morgan fingerprint density at radius 1 is 1.00 bits per heavy atom. The molecule has 3 aliphatic heterocycles. The molecule has 5 rings (SSSR count). The number of hydrogen-bond acceptors (Lipinski definition) is 5. The summed E-state index contributed by atoms with van der Waals surface area (Å²) in [7, 11) is 0. The smallest absolute Gasteiger partial charge is 0.255 e. The fourth-order valence-corrected chi connectivity index (χ4v) is 6.08. The second-order valence-corrected chi connectivity index (χ2v) is 11.1. The van der Waals surface area contributed by atoms with Crippen molar-refractivity contribution in [1.82, 2.24) is 9.80 Å². The second-order valence-electron chi connectivity index (χ2n) is 10.3. The Bertz CT molecular complexity index is 1080. The van der Waals surface area contributed by atoms with Crippen molar-refractivity contribution in [3.05, 3.63) is 63.6 Å². The number of rotatable bonds is 3. The first-order chi connectivity index (χ1) is 16.2. The molecule has 2 aromatic rings. The summed E-state index contributed by atoms with van der Waals surface area (Å²) in [5.74, 6) is -0.0593. The molecule has 0 bridgehead atoms. The average molecular weight is 504 g/mol. The topological polar surface area (TPSA) is 67.2 Å². The standard InChI is InChI=1S/C26H31Cl2N3O3/c1-25(33)11-12-31(16-25)22-4-2-3-21(23(22)28)24(32)29-13-14-30-17-26(34,10-9-20(30)15-29)18-5-7-19(27)8-6-18/h2-8,20,33-34H,9-17H2,1H3/t20-,25?,26-/m1/s1. The van der Waals surface area contributed by atoms with Gasteiger partial charge in [0.2, 0.25) is 0 Å². The van der Waals surface area contributed by atoms with Crippen LogP contribution in [0.4, 0.5) is 5.69 Å². The van der Waals surface area contributed by atoms with Crippen molar-refractivity contribution < 1.29 is 15.0 Å². The molecular weight excluding hydrogens is 473 g/mol. The molecule has 0 spiro atoms. The number of halogens is 2. The fourth-order valence-electron chi connectivity index (χ4n) is 5.63. The van der Waals surface area contributed by atoms with Crippen molar-refractivity contribution in [3.63, 3.8) is 0 Å². The number of piperidine rings is 1. The molecule has 3 heterocycles. The van der Waals surface area contributed by atoms with Gasteiger partial charge in [0, 0.05) is 50.3 Å². The Morgan fingerprint density at radius 2 is 1.76 bits per heavy atom. The van der Waals surface area contributed by atoms with E-state index in [4.69, 9.17) is 23.2 Å². The number of hydrogen-bond donors (Lipinski definition) is 2. The highest BCUT2D eigenvalue weighted by Crippen LogP contribution is 2.37. The zero-order valence-corrected chi connectivity index (χ0v) is 20.9. The molecule has 0 aliphatic carbocycles. The molecule has 0 radical (unpaired) electrons. The molecule has 3 fully saturated rings. The van der Waals surface area contributed by atoms with Crippen molar-refractivity contribution in [3.8, 4) is 0 Å². The molecule has 3 atom stereocenters. The maximum absolute atomic E-state index is 13.5. The summed E-state index contributed by atoms with van der Waals surface area (Å²) in [5, 5.41) is 22.8. The van der Waals surface area contributed by atoms with E-state index in [1.807, 2.05) is 48.2 Å². The maximum atomic E-state index is 13.5. The minimum Gasteiger partial charge on any atom is -0.388 e. The van der Waals surface area contributed by atoms with Gasteiger partial charge in [-0.3, -0.25) is 9.69 Å². The van der Waals surface area contributed by atoms with E-state index < -0.39 is 11.2 Å². The number of carbonyl (C=O) groups is 1. The SMILES string of the molecule is CC1(O)CCN(c2cccc(C(=O)N3CCN4C[C@@](O)(c5ccc(Cl)cc5)CC[C@@H]4C3)c2Cl)C1. The molecule has 1 unspecified atom stereocenters. The highest BCUT2D eigenvalue weighted by Gasteiger charge is 2.42. The van der Waals surface area contributed by atoms with Crippen LogP contribution in [0.3, 0.4) is 0 Å². The normalized spacial score (nSPS) is 29.9. The zero-order chi connectivity index (χ0) is 24.1. The quantitative estimate of drug-likeness (QED) is 0.667. The minimum atomic E-state index is -0.901. The molecule has 34 heavy (non-hydrogen) atoms. The number of β-amino-alcohol motifs (C(OH)–C–C–N with tert-alkyl or cyclic N) is 1. The van der Waals surface area contributed by atoms with E-state index in [2.05, 4.69) is 9.80 Å². The molecule has 0 saturated carbocycles. The molecule has 0 aromatic heterocycles. The van der Waals surface area contributed by atoms with Gasteiger partial charge in [0.25, 0.3) is 5.91 Å². The van der Waals surface area contributed by atoms with Crippen LogP contribution >= 0.6 is 23.2 Å². The van der Waals surface area contributed by atoms with Crippen LogP contribution in [0.25, 0.3) is 0 Å². The first kappa shape index (κ1) is 23.9. The second kappa shape index (κ2) is 8.99. The monoisotopic (exact) mass is 503 g/mol. The van der Waals surface area contributed by atoms with Gasteiger partial charge in [0.1, 0.15) is 5.60 Å². The lowest BCUT2D eigenvalue weighted by Crippen LogP contribution is -2.60. The third-order valence-electron chi connectivity index (χ3n) is 7.63. The number of amides is 1. The summed E-state index contributed by atoms with van der Waals surface area (Å²) in [4.78, 5) is 19.7. The van der Waals surface area contributed by atoms with Gasteiger partial charge in [0.15, 0.2) is 0 Å². The van der Waals surface area contributed by atoms with E-state index in [-0.39, 0.29) is 11.9 Å². The lowest BCUT2D eigenvalue weighted by atomic mass is 9.82. The van der Waals surface area contributed by atoms with E-state index >= 15 is 0 Å². The number of benzene rings is 2. The van der Waals surface area contributed by atoms with E-state index in [1.165, 1.54) is 0 Å². The highest BCUT2D eigenvalue weighted by molar-refractivity contribution is 6.36. The lowest BCUT2D eigenvalue weighted by Gasteiger charge is -2.49. The third kappa shape index (κ3) is 4.54. The van der Waals surface area contributed by atoms with Gasteiger partial charge >= 0.3 is 0 Å². The van der Waals surface area contributed by atoms with Gasteiger partial charge in [-0.05, 0) is 56.0 Å². The van der Waals surface area contributed by atoms with Crippen molar-refractivity contribution in [2.75, 3.05) is 44.2 Å². The molecule has 1 amide bonds. The van der Waals surface area contributed by atoms with Crippen molar-refractivity contribution in [1.29, 1.82) is 0 Å². The third-order valence-corrected chi connectivity index (χ3v) is 8.28. The molecular formula is C26H31Cl2N3O3. The van der Waals surface area contributed by atoms with Gasteiger partial charge in [-0.1, -0.05) is 41.4 Å². The van der Waals surface area contributed by atoms with Crippen LogP contribution in [-0.4, -0.2) is 76.8 Å². The molecule has 8 heteroatoms. The Kier molecular flexibility index (Phi) is 6.32. The van der Waals surface area contributed by atoms with Crippen molar-refractivity contribution >= 4 is 34.8 Å². The van der Waals surface area contributed by atoms with Crippen LogP contribution < -0.4 is 4.90 Å². The van der Waals surface area contributed by atoms with Crippen LogP contribution in [0, 0.1) is 0 Å². The summed E-state index contributed by atoms with van der Waals surface area (Å²) in [6, 6.07) is 13.2. The predicted molar refractivity (Wildman–Crippen MR) is 135 cm³/mol. The zero-order valence-electron chi connectivity index (χ0n) is 19.4. The number of piperazine rings is 1. The predicted octanol–water partition coefficient (Wildman–Crippen LogP) is 3.76. The van der Waals surface area contributed by atoms with Crippen molar-refractivity contribution in [2.24, 2.45) is 0 Å². The van der Waals surface area contributed by atoms with Crippen LogP contribution in [-0.2, 0) is 5.60 Å². The molecule has 2 N–H and O–H groups in total.